The standard InChI is InChI=1S/C12H13IO.C6H4I2.C6H10O/c13-12-9-5-4-8-11(12)7-3-1-2-6-10-14;7-5-3-1-2-4-6(5)8;1-2-3-4-5-6-7/h4-5,8-9,14H,1-2,6,10H2;1-4H;1,7H,3-6H2. The van der Waals surface area contributed by atoms with E-state index < -0.39 is 0 Å². The number of unbranched alkanes of at least 4 members (excludes halogenated alkanes) is 4. The van der Waals surface area contributed by atoms with E-state index in [4.69, 9.17) is 16.6 Å². The molecule has 0 heterocycles. The molecule has 0 aliphatic rings. The number of rotatable bonds is 6. The summed E-state index contributed by atoms with van der Waals surface area (Å²) in [6.07, 6.45) is 10.2. The highest BCUT2D eigenvalue weighted by atomic mass is 127. The summed E-state index contributed by atoms with van der Waals surface area (Å²) in [6, 6.07) is 16.4. The molecule has 156 valence electrons. The lowest BCUT2D eigenvalue weighted by molar-refractivity contribution is 0.285. The number of terminal acetylenes is 1. The molecule has 0 aromatic heterocycles. The fraction of sp³-hybridized carbons (Fsp3) is 0.333. The smallest absolute Gasteiger partial charge is 0.0431 e. The van der Waals surface area contributed by atoms with E-state index in [1.165, 1.54) is 10.7 Å². The molecular formula is C24H27I3O2. The summed E-state index contributed by atoms with van der Waals surface area (Å²) in [4.78, 5) is 0. The van der Waals surface area contributed by atoms with E-state index in [1.54, 1.807) is 0 Å². The Morgan fingerprint density at radius 1 is 0.690 bits per heavy atom. The van der Waals surface area contributed by atoms with Gasteiger partial charge in [-0.15, -0.1) is 12.3 Å². The van der Waals surface area contributed by atoms with E-state index in [0.29, 0.717) is 0 Å². The van der Waals surface area contributed by atoms with Crippen molar-refractivity contribution in [1.82, 2.24) is 0 Å². The minimum atomic E-state index is 0.266. The van der Waals surface area contributed by atoms with Crippen molar-refractivity contribution in [2.75, 3.05) is 13.2 Å². The van der Waals surface area contributed by atoms with Gasteiger partial charge in [-0.25, -0.2) is 0 Å². The van der Waals surface area contributed by atoms with Crippen molar-refractivity contribution in [3.63, 3.8) is 0 Å². The molecule has 2 N–H and O–H groups in total. The first-order chi connectivity index (χ1) is 14.1. The van der Waals surface area contributed by atoms with Gasteiger partial charge in [-0.2, -0.15) is 0 Å². The lowest BCUT2D eigenvalue weighted by Gasteiger charge is -1.93. The molecule has 0 atom stereocenters. The van der Waals surface area contributed by atoms with E-state index in [0.717, 1.165) is 44.1 Å². The van der Waals surface area contributed by atoms with Crippen LogP contribution in [-0.2, 0) is 0 Å². The van der Waals surface area contributed by atoms with Crippen molar-refractivity contribution >= 4 is 67.8 Å². The predicted molar refractivity (Wildman–Crippen MR) is 149 cm³/mol. The Bertz CT molecular complexity index is 752. The van der Waals surface area contributed by atoms with Gasteiger partial charge in [0.1, 0.15) is 0 Å². The summed E-state index contributed by atoms with van der Waals surface area (Å²) in [5.74, 6) is 8.74. The number of aliphatic hydroxyl groups is 2. The molecule has 0 fully saturated rings. The topological polar surface area (TPSA) is 40.5 Å². The molecule has 29 heavy (non-hydrogen) atoms. The zero-order valence-electron chi connectivity index (χ0n) is 16.4. The molecule has 0 aliphatic carbocycles. The average molecular weight is 728 g/mol. The van der Waals surface area contributed by atoms with Crippen LogP contribution in [0.2, 0.25) is 0 Å². The fourth-order valence-corrected chi connectivity index (χ4v) is 3.12. The Kier molecular flexibility index (Phi) is 20.7. The molecule has 2 aromatic carbocycles. The molecular weight excluding hydrogens is 701 g/mol. The normalized spacial score (nSPS) is 8.97. The molecule has 5 heteroatoms. The van der Waals surface area contributed by atoms with Gasteiger partial charge in [-0.05, 0) is 118 Å². The van der Waals surface area contributed by atoms with Gasteiger partial charge in [0.05, 0.1) is 0 Å². The van der Waals surface area contributed by atoms with Crippen LogP contribution in [-0.4, -0.2) is 23.4 Å². The van der Waals surface area contributed by atoms with Crippen LogP contribution in [0.3, 0.4) is 0 Å². The summed E-state index contributed by atoms with van der Waals surface area (Å²) in [7, 11) is 0. The van der Waals surface area contributed by atoms with Crippen LogP contribution in [0.25, 0.3) is 0 Å². The second-order valence-electron chi connectivity index (χ2n) is 5.76. The van der Waals surface area contributed by atoms with Crippen molar-refractivity contribution < 1.29 is 10.2 Å². The summed E-state index contributed by atoms with van der Waals surface area (Å²) in [5.41, 5.74) is 1.09. The van der Waals surface area contributed by atoms with Crippen molar-refractivity contribution in [2.24, 2.45) is 0 Å². The second-order valence-corrected chi connectivity index (χ2v) is 9.25. The van der Waals surface area contributed by atoms with Gasteiger partial charge in [-0.3, -0.25) is 0 Å². The van der Waals surface area contributed by atoms with Crippen LogP contribution < -0.4 is 0 Å². The highest BCUT2D eigenvalue weighted by molar-refractivity contribution is 14.1. The van der Waals surface area contributed by atoms with Gasteiger partial charge in [0, 0.05) is 42.3 Å². The van der Waals surface area contributed by atoms with Crippen LogP contribution in [0.15, 0.2) is 48.5 Å². The molecule has 0 unspecified atom stereocenters. The predicted octanol–water partition coefficient (Wildman–Crippen LogP) is 6.48. The van der Waals surface area contributed by atoms with Crippen molar-refractivity contribution in [3.8, 4) is 24.2 Å². The largest absolute Gasteiger partial charge is 0.396 e. The SMILES string of the molecule is C#CCCCCO.Ic1ccccc1I.OCCCCC#Cc1ccccc1I. The minimum Gasteiger partial charge on any atom is -0.396 e. The Balaban J connectivity index is 0.000000444. The van der Waals surface area contributed by atoms with E-state index >= 15 is 0 Å². The third-order valence-corrected chi connectivity index (χ3v) is 7.21. The van der Waals surface area contributed by atoms with Crippen LogP contribution in [0, 0.1) is 34.9 Å². The summed E-state index contributed by atoms with van der Waals surface area (Å²) in [5, 5.41) is 16.8. The fourth-order valence-electron chi connectivity index (χ4n) is 1.82. The molecule has 2 aromatic rings. The number of hydrogen-bond acceptors (Lipinski definition) is 2. The maximum absolute atomic E-state index is 8.58. The van der Waals surface area contributed by atoms with Crippen LogP contribution in [0.4, 0.5) is 0 Å². The molecule has 0 spiro atoms. The van der Waals surface area contributed by atoms with Crippen molar-refractivity contribution in [1.29, 1.82) is 0 Å². The quantitative estimate of drug-likeness (QED) is 0.203. The van der Waals surface area contributed by atoms with E-state index in [9.17, 15) is 0 Å². The van der Waals surface area contributed by atoms with Crippen molar-refractivity contribution in [3.05, 3.63) is 64.8 Å². The summed E-state index contributed by atoms with van der Waals surface area (Å²) < 4.78 is 3.84. The van der Waals surface area contributed by atoms with Gasteiger partial charge in [-0.1, -0.05) is 36.1 Å². The first kappa shape index (κ1) is 28.7. The minimum absolute atomic E-state index is 0.266. The Morgan fingerprint density at radius 2 is 1.17 bits per heavy atom. The highest BCUT2D eigenvalue weighted by Gasteiger charge is 1.91. The van der Waals surface area contributed by atoms with Crippen LogP contribution >= 0.6 is 67.8 Å². The maximum Gasteiger partial charge on any atom is 0.0431 e. The van der Waals surface area contributed by atoms with Gasteiger partial charge in [0.2, 0.25) is 0 Å². The van der Waals surface area contributed by atoms with E-state index in [2.05, 4.69) is 104 Å². The van der Waals surface area contributed by atoms with Gasteiger partial charge in [0.25, 0.3) is 0 Å². The summed E-state index contributed by atoms with van der Waals surface area (Å²) >= 11 is 6.92. The first-order valence-electron chi connectivity index (χ1n) is 9.35. The summed E-state index contributed by atoms with van der Waals surface area (Å²) in [6.45, 7) is 0.534. The Morgan fingerprint density at radius 3 is 1.62 bits per heavy atom. The molecule has 0 saturated heterocycles. The molecule has 0 aliphatic heterocycles. The zero-order chi connectivity index (χ0) is 21.7. The molecule has 0 amide bonds. The van der Waals surface area contributed by atoms with E-state index in [-0.39, 0.29) is 13.2 Å². The monoisotopic (exact) mass is 728 g/mol. The zero-order valence-corrected chi connectivity index (χ0v) is 22.9. The van der Waals surface area contributed by atoms with E-state index in [1.807, 2.05) is 30.3 Å². The molecule has 0 bridgehead atoms. The number of benzene rings is 2. The lowest BCUT2D eigenvalue weighted by Crippen LogP contribution is -1.82. The number of aliphatic hydroxyl groups excluding tert-OH is 2. The molecule has 0 radical (unpaired) electrons. The first-order valence-corrected chi connectivity index (χ1v) is 12.6. The number of hydrogen-bond donors (Lipinski definition) is 2. The van der Waals surface area contributed by atoms with Crippen molar-refractivity contribution in [2.45, 2.75) is 38.5 Å². The third-order valence-electron chi connectivity index (χ3n) is 3.36. The maximum atomic E-state index is 8.58. The Labute approximate surface area is 216 Å². The van der Waals surface area contributed by atoms with Gasteiger partial charge in [0.15, 0.2) is 0 Å². The lowest BCUT2D eigenvalue weighted by atomic mass is 10.2. The van der Waals surface area contributed by atoms with Gasteiger partial charge < -0.3 is 10.2 Å². The van der Waals surface area contributed by atoms with Gasteiger partial charge >= 0.3 is 0 Å². The molecule has 2 rings (SSSR count). The van der Waals surface area contributed by atoms with Crippen LogP contribution in [0.1, 0.15) is 44.1 Å². The average Bonchev–Trinajstić information content (AvgIpc) is 2.73. The third kappa shape index (κ3) is 17.1. The molecule has 2 nitrogen and oxygen atoms in total. The van der Waals surface area contributed by atoms with Crippen LogP contribution in [0.5, 0.6) is 0 Å². The highest BCUT2D eigenvalue weighted by Crippen LogP contribution is 2.12. The Hall–Kier alpha value is -0.330. The number of halogens is 3. The second kappa shape index (κ2) is 20.9. The molecule has 0 saturated carbocycles.